The van der Waals surface area contributed by atoms with Gasteiger partial charge in [-0.2, -0.15) is 5.10 Å². The van der Waals surface area contributed by atoms with E-state index in [1.807, 2.05) is 42.5 Å². The predicted octanol–water partition coefficient (Wildman–Crippen LogP) is 4.93. The molecule has 4 rings (SSSR count). The van der Waals surface area contributed by atoms with Crippen LogP contribution < -0.4 is 0 Å². The van der Waals surface area contributed by atoms with Crippen LogP contribution in [-0.4, -0.2) is 15.2 Å². The number of benzene rings is 2. The average molecular weight is 315 g/mol. The summed E-state index contributed by atoms with van der Waals surface area (Å²) in [6.07, 6.45) is 5.76. The van der Waals surface area contributed by atoms with Crippen molar-refractivity contribution >= 4 is 23.1 Å². The van der Waals surface area contributed by atoms with Crippen LogP contribution >= 0.6 is 0 Å². The number of nitrogens with one attached hydrogen (secondary N) is 1. The maximum atomic E-state index is 13.1. The number of hydrogen-bond donors (Lipinski definition) is 1. The number of halogens is 1. The molecule has 3 nitrogen and oxygen atoms in total. The summed E-state index contributed by atoms with van der Waals surface area (Å²) in [5, 5.41) is 8.40. The fourth-order valence-electron chi connectivity index (χ4n) is 2.62. The van der Waals surface area contributed by atoms with Crippen molar-refractivity contribution in [1.29, 1.82) is 0 Å². The van der Waals surface area contributed by atoms with Crippen molar-refractivity contribution in [3.8, 4) is 11.3 Å². The molecule has 0 bridgehead atoms. The Bertz CT molecular complexity index is 1000. The summed E-state index contributed by atoms with van der Waals surface area (Å²) in [5.74, 6) is -0.252. The van der Waals surface area contributed by atoms with Crippen LogP contribution in [0.1, 0.15) is 11.3 Å². The van der Waals surface area contributed by atoms with Crippen molar-refractivity contribution in [1.82, 2.24) is 15.2 Å². The molecule has 0 aliphatic rings. The minimum absolute atomic E-state index is 0.252. The number of H-pyrrole nitrogens is 1. The van der Waals surface area contributed by atoms with Gasteiger partial charge in [0.1, 0.15) is 5.82 Å². The van der Waals surface area contributed by atoms with Gasteiger partial charge in [-0.3, -0.25) is 10.1 Å². The van der Waals surface area contributed by atoms with Gasteiger partial charge in [-0.25, -0.2) is 4.39 Å². The Kier molecular flexibility index (Phi) is 3.63. The Balaban J connectivity index is 1.73. The Morgan fingerprint density at radius 1 is 0.917 bits per heavy atom. The van der Waals surface area contributed by atoms with Gasteiger partial charge in [0.2, 0.25) is 0 Å². The number of aromatic nitrogens is 3. The molecule has 0 spiro atoms. The van der Waals surface area contributed by atoms with Crippen LogP contribution in [0.4, 0.5) is 4.39 Å². The van der Waals surface area contributed by atoms with Crippen molar-refractivity contribution in [2.24, 2.45) is 0 Å². The summed E-state index contributed by atoms with van der Waals surface area (Å²) in [6, 6.07) is 18.3. The molecule has 0 atom stereocenters. The first kappa shape index (κ1) is 14.3. The highest BCUT2D eigenvalue weighted by Gasteiger charge is 2.08. The van der Waals surface area contributed by atoms with Gasteiger partial charge >= 0.3 is 0 Å². The van der Waals surface area contributed by atoms with Gasteiger partial charge in [0.25, 0.3) is 0 Å². The van der Waals surface area contributed by atoms with Crippen molar-refractivity contribution in [2.45, 2.75) is 0 Å². The lowest BCUT2D eigenvalue weighted by Gasteiger charge is -1.99. The van der Waals surface area contributed by atoms with Gasteiger partial charge in [0.05, 0.1) is 16.9 Å². The van der Waals surface area contributed by atoms with Crippen LogP contribution in [0.15, 0.2) is 66.9 Å². The molecule has 0 saturated heterocycles. The zero-order chi connectivity index (χ0) is 16.4. The Morgan fingerprint density at radius 3 is 2.58 bits per heavy atom. The first-order chi connectivity index (χ1) is 11.8. The quantitative estimate of drug-likeness (QED) is 0.582. The standard InChI is InChI=1S/C20H14FN3/c21-16-8-6-15(7-9-16)20-18-13-14(5-11-19(18)23-24-20)4-10-17-3-1-2-12-22-17/h1-13H,(H,23,24). The number of rotatable bonds is 3. The molecule has 0 unspecified atom stereocenters. The van der Waals surface area contributed by atoms with E-state index >= 15 is 0 Å². The van der Waals surface area contributed by atoms with Crippen molar-refractivity contribution < 1.29 is 4.39 Å². The lowest BCUT2D eigenvalue weighted by molar-refractivity contribution is 0.628. The highest BCUT2D eigenvalue weighted by molar-refractivity contribution is 5.94. The molecule has 24 heavy (non-hydrogen) atoms. The van der Waals surface area contributed by atoms with Crippen LogP contribution in [0.2, 0.25) is 0 Å². The third-order valence-corrected chi connectivity index (χ3v) is 3.84. The molecule has 4 aromatic rings. The molecule has 116 valence electrons. The highest BCUT2D eigenvalue weighted by atomic mass is 19.1. The summed E-state index contributed by atoms with van der Waals surface area (Å²) in [5.41, 5.74) is 4.61. The molecule has 2 heterocycles. The van der Waals surface area contributed by atoms with Gasteiger partial charge in [-0.05, 0) is 60.2 Å². The van der Waals surface area contributed by atoms with E-state index < -0.39 is 0 Å². The van der Waals surface area contributed by atoms with Crippen LogP contribution in [-0.2, 0) is 0 Å². The minimum atomic E-state index is -0.252. The first-order valence-electron chi connectivity index (χ1n) is 7.63. The van der Waals surface area contributed by atoms with E-state index in [4.69, 9.17) is 0 Å². The van der Waals surface area contributed by atoms with Crippen LogP contribution in [0.3, 0.4) is 0 Å². The number of hydrogen-bond acceptors (Lipinski definition) is 2. The second-order valence-electron chi connectivity index (χ2n) is 5.47. The van der Waals surface area contributed by atoms with E-state index in [1.165, 1.54) is 12.1 Å². The molecule has 0 aliphatic carbocycles. The number of nitrogens with zero attached hydrogens (tertiary/aromatic N) is 2. The normalized spacial score (nSPS) is 11.4. The Morgan fingerprint density at radius 2 is 1.79 bits per heavy atom. The van der Waals surface area contributed by atoms with Crippen molar-refractivity contribution in [3.63, 3.8) is 0 Å². The molecular formula is C20H14FN3. The summed E-state index contributed by atoms with van der Waals surface area (Å²) in [7, 11) is 0. The van der Waals surface area contributed by atoms with E-state index in [0.717, 1.165) is 33.4 Å². The molecule has 0 radical (unpaired) electrons. The minimum Gasteiger partial charge on any atom is -0.277 e. The maximum absolute atomic E-state index is 13.1. The molecule has 2 aromatic carbocycles. The molecule has 1 N–H and O–H groups in total. The summed E-state index contributed by atoms with van der Waals surface area (Å²) in [4.78, 5) is 4.28. The first-order valence-corrected chi connectivity index (χ1v) is 7.63. The highest BCUT2D eigenvalue weighted by Crippen LogP contribution is 2.27. The monoisotopic (exact) mass is 315 g/mol. The lowest BCUT2D eigenvalue weighted by atomic mass is 10.1. The van der Waals surface area contributed by atoms with Crippen molar-refractivity contribution in [3.05, 3.63) is 83.9 Å². The zero-order valence-electron chi connectivity index (χ0n) is 12.8. The van der Waals surface area contributed by atoms with Crippen molar-refractivity contribution in [2.75, 3.05) is 0 Å². The maximum Gasteiger partial charge on any atom is 0.123 e. The molecule has 0 saturated carbocycles. The molecule has 4 heteroatoms. The van der Waals surface area contributed by atoms with E-state index in [9.17, 15) is 4.39 Å². The van der Waals surface area contributed by atoms with Gasteiger partial charge in [-0.15, -0.1) is 0 Å². The summed E-state index contributed by atoms with van der Waals surface area (Å²) in [6.45, 7) is 0. The fourth-order valence-corrected chi connectivity index (χ4v) is 2.62. The smallest absolute Gasteiger partial charge is 0.123 e. The van der Waals surface area contributed by atoms with Crippen LogP contribution in [0, 0.1) is 5.82 Å². The second-order valence-corrected chi connectivity index (χ2v) is 5.47. The number of pyridine rings is 1. The zero-order valence-corrected chi connectivity index (χ0v) is 12.8. The Labute approximate surface area is 138 Å². The van der Waals surface area contributed by atoms with Gasteiger partial charge in [0, 0.05) is 17.1 Å². The molecular weight excluding hydrogens is 301 g/mol. The SMILES string of the molecule is Fc1ccc(-c2n[nH]c3ccc(C=Cc4ccccn4)cc23)cc1. The van der Waals surface area contributed by atoms with Crippen LogP contribution in [0.25, 0.3) is 34.3 Å². The topological polar surface area (TPSA) is 41.6 Å². The van der Waals surface area contributed by atoms with Gasteiger partial charge < -0.3 is 0 Å². The molecule has 0 amide bonds. The molecule has 0 aliphatic heterocycles. The number of fused-ring (bicyclic) bond motifs is 1. The van der Waals surface area contributed by atoms with E-state index in [2.05, 4.69) is 21.2 Å². The van der Waals surface area contributed by atoms with Gasteiger partial charge in [-0.1, -0.05) is 18.2 Å². The van der Waals surface area contributed by atoms with E-state index in [-0.39, 0.29) is 5.82 Å². The predicted molar refractivity (Wildman–Crippen MR) is 94.7 cm³/mol. The average Bonchev–Trinajstić information content (AvgIpc) is 3.05. The Hall–Kier alpha value is -3.27. The van der Waals surface area contributed by atoms with E-state index in [0.29, 0.717) is 0 Å². The molecule has 2 aromatic heterocycles. The second kappa shape index (κ2) is 6.08. The third kappa shape index (κ3) is 2.82. The lowest BCUT2D eigenvalue weighted by Crippen LogP contribution is -1.81. The summed E-state index contributed by atoms with van der Waals surface area (Å²) >= 11 is 0. The van der Waals surface area contributed by atoms with E-state index in [1.54, 1.807) is 18.3 Å². The van der Waals surface area contributed by atoms with Gasteiger partial charge in [0.15, 0.2) is 0 Å². The fraction of sp³-hybridized carbons (Fsp3) is 0. The molecule has 0 fully saturated rings. The van der Waals surface area contributed by atoms with Crippen LogP contribution in [0.5, 0.6) is 0 Å². The summed E-state index contributed by atoms with van der Waals surface area (Å²) < 4.78 is 13.1. The number of aromatic amines is 1. The largest absolute Gasteiger partial charge is 0.277 e. The third-order valence-electron chi connectivity index (χ3n) is 3.84.